The number of benzene rings is 2. The van der Waals surface area contributed by atoms with E-state index in [9.17, 15) is 4.79 Å². The maximum atomic E-state index is 13.4. The Morgan fingerprint density at radius 3 is 2.59 bits per heavy atom. The van der Waals surface area contributed by atoms with E-state index >= 15 is 0 Å². The van der Waals surface area contributed by atoms with Gasteiger partial charge in [-0.15, -0.1) is 0 Å². The third kappa shape index (κ3) is 3.69. The fraction of sp³-hybridized carbons (Fsp3) is 0.280. The lowest BCUT2D eigenvalue weighted by atomic mass is 9.99. The van der Waals surface area contributed by atoms with Gasteiger partial charge in [0, 0.05) is 11.4 Å². The summed E-state index contributed by atoms with van der Waals surface area (Å²) in [7, 11) is 0. The number of rotatable bonds is 3. The topological polar surface area (TPSA) is 42.0 Å². The van der Waals surface area contributed by atoms with E-state index in [0.717, 1.165) is 64.9 Å². The number of nitrogens with zero attached hydrogens (tertiary/aromatic N) is 1. The second-order valence-electron chi connectivity index (χ2n) is 7.77. The van der Waals surface area contributed by atoms with Crippen LogP contribution in [-0.2, 0) is 6.42 Å². The Labute approximate surface area is 175 Å². The number of allylic oxidation sites excluding steroid dienone is 1. The number of pyridine rings is 1. The predicted octanol–water partition coefficient (Wildman–Crippen LogP) is 5.35. The van der Waals surface area contributed by atoms with Gasteiger partial charge in [0.25, 0.3) is 5.91 Å². The molecule has 1 saturated heterocycles. The maximum Gasteiger partial charge on any atom is 0.252 e. The zero-order valence-electron chi connectivity index (χ0n) is 16.4. The molecule has 0 saturated carbocycles. The minimum atomic E-state index is 0.0673. The molecule has 1 aromatic heterocycles. The molecule has 5 rings (SSSR count). The van der Waals surface area contributed by atoms with Crippen molar-refractivity contribution in [3.63, 3.8) is 0 Å². The zero-order chi connectivity index (χ0) is 19.6. The van der Waals surface area contributed by atoms with Crippen molar-refractivity contribution in [2.24, 2.45) is 0 Å². The molecule has 0 atom stereocenters. The molecule has 3 aromatic rings. The summed E-state index contributed by atoms with van der Waals surface area (Å²) in [6.45, 7) is 0. The Bertz CT molecular complexity index is 1080. The molecular formula is C25H24N2OS. The minimum Gasteiger partial charge on any atom is -0.349 e. The molecule has 1 amide bonds. The van der Waals surface area contributed by atoms with Gasteiger partial charge in [-0.1, -0.05) is 48.5 Å². The average molecular weight is 401 g/mol. The highest BCUT2D eigenvalue weighted by atomic mass is 32.2. The van der Waals surface area contributed by atoms with Gasteiger partial charge >= 0.3 is 0 Å². The van der Waals surface area contributed by atoms with Gasteiger partial charge in [0.2, 0.25) is 0 Å². The lowest BCUT2D eigenvalue weighted by molar-refractivity contribution is 0.0935. The molecule has 1 N–H and O–H groups in total. The monoisotopic (exact) mass is 400 g/mol. The van der Waals surface area contributed by atoms with E-state index in [1.165, 1.54) is 11.1 Å². The summed E-state index contributed by atoms with van der Waals surface area (Å²) in [4.78, 5) is 18.4. The third-order valence-corrected chi connectivity index (χ3v) is 6.91. The van der Waals surface area contributed by atoms with Gasteiger partial charge in [-0.2, -0.15) is 11.8 Å². The van der Waals surface area contributed by atoms with Crippen molar-refractivity contribution in [2.75, 3.05) is 11.5 Å². The van der Waals surface area contributed by atoms with Gasteiger partial charge in [-0.25, -0.2) is 4.98 Å². The maximum absolute atomic E-state index is 13.4. The minimum absolute atomic E-state index is 0.0673. The highest BCUT2D eigenvalue weighted by molar-refractivity contribution is 7.99. The van der Waals surface area contributed by atoms with Gasteiger partial charge in [0.15, 0.2) is 0 Å². The Hall–Kier alpha value is -2.59. The van der Waals surface area contributed by atoms with E-state index in [1.807, 2.05) is 42.1 Å². The largest absolute Gasteiger partial charge is 0.349 e. The summed E-state index contributed by atoms with van der Waals surface area (Å²) >= 11 is 1.98. The van der Waals surface area contributed by atoms with E-state index < -0.39 is 0 Å². The number of aromatic nitrogens is 1. The zero-order valence-corrected chi connectivity index (χ0v) is 17.2. The first-order valence-corrected chi connectivity index (χ1v) is 11.5. The Kier molecular flexibility index (Phi) is 5.11. The second kappa shape index (κ2) is 8.03. The van der Waals surface area contributed by atoms with E-state index in [0.29, 0.717) is 0 Å². The molecule has 3 nitrogen and oxygen atoms in total. The van der Waals surface area contributed by atoms with Crippen molar-refractivity contribution in [1.29, 1.82) is 0 Å². The van der Waals surface area contributed by atoms with Crippen LogP contribution >= 0.6 is 11.8 Å². The average Bonchev–Trinajstić information content (AvgIpc) is 3.15. The number of hydrogen-bond donors (Lipinski definition) is 1. The van der Waals surface area contributed by atoms with Crippen molar-refractivity contribution < 1.29 is 4.79 Å². The van der Waals surface area contributed by atoms with Crippen LogP contribution < -0.4 is 5.32 Å². The summed E-state index contributed by atoms with van der Waals surface area (Å²) in [6.07, 6.45) is 6.12. The number of fused-ring (bicyclic) bond motifs is 2. The van der Waals surface area contributed by atoms with Gasteiger partial charge in [0.1, 0.15) is 0 Å². The van der Waals surface area contributed by atoms with Crippen molar-refractivity contribution >= 4 is 40.2 Å². The van der Waals surface area contributed by atoms with Gasteiger partial charge in [-0.05, 0) is 66.0 Å². The van der Waals surface area contributed by atoms with Crippen LogP contribution in [0.4, 0.5) is 0 Å². The molecule has 0 unspecified atom stereocenters. The van der Waals surface area contributed by atoms with E-state index in [-0.39, 0.29) is 11.9 Å². The highest BCUT2D eigenvalue weighted by Gasteiger charge is 2.28. The van der Waals surface area contributed by atoms with Crippen LogP contribution in [0.2, 0.25) is 0 Å². The number of amides is 1. The van der Waals surface area contributed by atoms with Gasteiger partial charge in [-0.3, -0.25) is 4.79 Å². The molecular weight excluding hydrogens is 376 g/mol. The molecule has 2 aliphatic rings. The smallest absolute Gasteiger partial charge is 0.252 e. The summed E-state index contributed by atoms with van der Waals surface area (Å²) in [6, 6.07) is 18.7. The van der Waals surface area contributed by atoms with E-state index in [4.69, 9.17) is 4.98 Å². The van der Waals surface area contributed by atoms with Crippen LogP contribution in [0.3, 0.4) is 0 Å². The fourth-order valence-electron chi connectivity index (χ4n) is 4.39. The first-order valence-electron chi connectivity index (χ1n) is 10.4. The van der Waals surface area contributed by atoms with Crippen molar-refractivity contribution in [1.82, 2.24) is 10.3 Å². The summed E-state index contributed by atoms with van der Waals surface area (Å²) in [5, 5.41) is 4.29. The Balaban J connectivity index is 1.59. The third-order valence-electron chi connectivity index (χ3n) is 5.87. The number of carbonyl (C=O) groups excluding carboxylic acids is 1. The van der Waals surface area contributed by atoms with Crippen molar-refractivity contribution in [3.8, 4) is 0 Å². The Morgan fingerprint density at radius 2 is 1.76 bits per heavy atom. The van der Waals surface area contributed by atoms with Crippen LogP contribution in [0.1, 0.15) is 46.4 Å². The SMILES string of the molecule is O=C(NC1CCSCC1)c1c2c(nc3ccccc13)/C(=C\c1ccccc1)CC2. The molecule has 1 aliphatic carbocycles. The highest BCUT2D eigenvalue weighted by Crippen LogP contribution is 2.37. The van der Waals surface area contributed by atoms with Crippen molar-refractivity contribution in [3.05, 3.63) is 77.0 Å². The van der Waals surface area contributed by atoms with Gasteiger partial charge < -0.3 is 5.32 Å². The van der Waals surface area contributed by atoms with Crippen LogP contribution in [0.5, 0.6) is 0 Å². The van der Waals surface area contributed by atoms with E-state index in [1.54, 1.807) is 0 Å². The number of thioether (sulfide) groups is 1. The number of carbonyl (C=O) groups is 1. The molecule has 29 heavy (non-hydrogen) atoms. The Morgan fingerprint density at radius 1 is 1.00 bits per heavy atom. The number of hydrogen-bond acceptors (Lipinski definition) is 3. The summed E-state index contributed by atoms with van der Waals surface area (Å²) < 4.78 is 0. The molecule has 1 aliphatic heterocycles. The summed E-state index contributed by atoms with van der Waals surface area (Å²) in [5.41, 5.74) is 6.23. The molecule has 2 heterocycles. The first-order chi connectivity index (χ1) is 14.3. The standard InChI is InChI=1S/C25H24N2OS/c28-25(26-19-12-14-29-15-13-19)23-20-8-4-5-9-22(20)27-24-18(10-11-21(23)24)16-17-6-2-1-3-7-17/h1-9,16,19H,10-15H2,(H,26,28)/b18-16-. The molecule has 146 valence electrons. The first kappa shape index (κ1) is 18.4. The van der Waals surface area contributed by atoms with Crippen LogP contribution in [0, 0.1) is 0 Å². The quantitative estimate of drug-likeness (QED) is 0.645. The summed E-state index contributed by atoms with van der Waals surface area (Å²) in [5.74, 6) is 2.33. The normalized spacial score (nSPS) is 18.1. The lowest BCUT2D eigenvalue weighted by Crippen LogP contribution is -2.37. The molecule has 2 aromatic carbocycles. The lowest BCUT2D eigenvalue weighted by Gasteiger charge is -2.23. The number of para-hydroxylation sites is 1. The van der Waals surface area contributed by atoms with Crippen LogP contribution in [0.25, 0.3) is 22.6 Å². The van der Waals surface area contributed by atoms with Crippen molar-refractivity contribution in [2.45, 2.75) is 31.7 Å². The molecule has 0 spiro atoms. The molecule has 1 fully saturated rings. The number of nitrogens with one attached hydrogen (secondary N) is 1. The van der Waals surface area contributed by atoms with Gasteiger partial charge in [0.05, 0.1) is 16.8 Å². The van der Waals surface area contributed by atoms with Crippen LogP contribution in [0.15, 0.2) is 54.6 Å². The fourth-order valence-corrected chi connectivity index (χ4v) is 5.49. The second-order valence-corrected chi connectivity index (χ2v) is 9.00. The molecule has 4 heteroatoms. The predicted molar refractivity (Wildman–Crippen MR) is 122 cm³/mol. The van der Waals surface area contributed by atoms with Crippen LogP contribution in [-0.4, -0.2) is 28.4 Å². The molecule has 0 bridgehead atoms. The van der Waals surface area contributed by atoms with E-state index in [2.05, 4.69) is 35.7 Å². The molecule has 0 radical (unpaired) electrons.